The van der Waals surface area contributed by atoms with Gasteiger partial charge in [-0.2, -0.15) is 26.3 Å². The molecule has 0 radical (unpaired) electrons. The van der Waals surface area contributed by atoms with Crippen molar-refractivity contribution in [3.63, 3.8) is 0 Å². The van der Waals surface area contributed by atoms with Gasteiger partial charge in [-0.25, -0.2) is 16.8 Å². The minimum absolute atomic E-state index is 0.493. The maximum absolute atomic E-state index is 11.5. The van der Waals surface area contributed by atoms with Gasteiger partial charge in [-0.05, 0) is 38.9 Å². The molecule has 0 atom stereocenters. The van der Waals surface area contributed by atoms with E-state index in [1.165, 1.54) is 58.2 Å². The zero-order valence-corrected chi connectivity index (χ0v) is 15.7. The van der Waals surface area contributed by atoms with Crippen LogP contribution in [0.15, 0.2) is 0 Å². The van der Waals surface area contributed by atoms with Crippen LogP contribution in [-0.2, 0) is 20.0 Å². The summed E-state index contributed by atoms with van der Waals surface area (Å²) >= 11 is 0. The number of alkyl halides is 6. The van der Waals surface area contributed by atoms with E-state index in [4.69, 9.17) is 0 Å². The molecule has 1 heterocycles. The molecule has 1 aliphatic heterocycles. The first-order chi connectivity index (χ1) is 11.6. The molecule has 0 saturated carbocycles. The number of likely N-dealkylation sites (tertiary alicyclic amines) is 1. The van der Waals surface area contributed by atoms with E-state index in [0.717, 1.165) is 0 Å². The highest BCUT2D eigenvalue weighted by Crippen LogP contribution is 2.27. The first kappa shape index (κ1) is 25.4. The quantitative estimate of drug-likeness (QED) is 0.511. The van der Waals surface area contributed by atoms with Crippen molar-refractivity contribution in [2.24, 2.45) is 0 Å². The van der Waals surface area contributed by atoms with Crippen molar-refractivity contribution in [3.05, 3.63) is 0 Å². The average Bonchev–Trinajstić information content (AvgIpc) is 2.46. The second-order valence-electron chi connectivity index (χ2n) is 5.59. The van der Waals surface area contributed by atoms with Gasteiger partial charge in [-0.3, -0.25) is 0 Å². The summed E-state index contributed by atoms with van der Waals surface area (Å²) in [5.41, 5.74) is -12.3. The van der Waals surface area contributed by atoms with E-state index >= 15 is 0 Å². The molecule has 0 aromatic heterocycles. The van der Waals surface area contributed by atoms with Crippen molar-refractivity contribution in [1.82, 2.24) is 9.03 Å². The second kappa shape index (κ2) is 10.1. The summed E-state index contributed by atoms with van der Waals surface area (Å²) in [7, 11) is -13.2. The van der Waals surface area contributed by atoms with Gasteiger partial charge in [0.15, 0.2) is 0 Å². The predicted molar refractivity (Wildman–Crippen MR) is 82.9 cm³/mol. The monoisotopic (exact) mass is 436 g/mol. The second-order valence-corrected chi connectivity index (χ2v) is 9.20. The Kier molecular flexibility index (Phi) is 9.85. The molecule has 0 bridgehead atoms. The Morgan fingerprint density at radius 3 is 1.58 bits per heavy atom. The van der Waals surface area contributed by atoms with Gasteiger partial charge in [0.1, 0.15) is 0 Å². The third-order valence-corrected chi connectivity index (χ3v) is 6.33. The minimum Gasteiger partial charge on any atom is -0.303 e. The molecule has 1 aliphatic rings. The van der Waals surface area contributed by atoms with Crippen LogP contribution < -0.4 is 4.13 Å². The van der Waals surface area contributed by atoms with E-state index in [1.54, 1.807) is 0 Å². The van der Waals surface area contributed by atoms with E-state index < -0.39 is 35.2 Å². The molecule has 1 fully saturated rings. The first-order valence-electron chi connectivity index (χ1n) is 7.77. The molecular formula is C12H22F6N2O4S2. The zero-order chi connectivity index (χ0) is 20.6. The summed E-state index contributed by atoms with van der Waals surface area (Å²) in [4.78, 5) is 2.62. The van der Waals surface area contributed by atoms with E-state index in [0.29, 0.717) is 0 Å². The molecule has 0 aliphatic carbocycles. The molecule has 0 aromatic rings. The molecule has 1 saturated heterocycles. The third-order valence-electron chi connectivity index (χ3n) is 3.36. The van der Waals surface area contributed by atoms with Crippen molar-refractivity contribution in [2.75, 3.05) is 19.6 Å². The van der Waals surface area contributed by atoms with Crippen molar-refractivity contribution in [2.45, 2.75) is 56.5 Å². The molecular weight excluding hydrogens is 414 g/mol. The highest BCUT2D eigenvalue weighted by Gasteiger charge is 2.55. The van der Waals surface area contributed by atoms with Gasteiger partial charge in [0.25, 0.3) is 0 Å². The van der Waals surface area contributed by atoms with Crippen molar-refractivity contribution < 1.29 is 43.2 Å². The van der Waals surface area contributed by atoms with Crippen LogP contribution in [0.1, 0.15) is 45.4 Å². The molecule has 26 heavy (non-hydrogen) atoms. The largest absolute Gasteiger partial charge is 0.512 e. The summed E-state index contributed by atoms with van der Waals surface area (Å²) in [6, 6.07) is 0. The van der Waals surface area contributed by atoms with Crippen molar-refractivity contribution in [3.8, 4) is 0 Å². The summed E-state index contributed by atoms with van der Waals surface area (Å²) < 4.78 is 108. The van der Waals surface area contributed by atoms with Gasteiger partial charge < -0.3 is 4.90 Å². The molecule has 0 spiro atoms. The van der Waals surface area contributed by atoms with Crippen molar-refractivity contribution >= 4 is 20.0 Å². The van der Waals surface area contributed by atoms with Crippen LogP contribution in [0.3, 0.4) is 0 Å². The number of piperidine rings is 1. The maximum atomic E-state index is 11.5. The Hall–Kier alpha value is -0.600. The number of nitrogens with zero attached hydrogens (tertiary/aromatic N) is 1. The zero-order valence-electron chi connectivity index (χ0n) is 14.0. The molecule has 0 aromatic carbocycles. The molecule has 158 valence electrons. The standard InChI is InChI=1S/C10H21N.C2HF6NO4S2/c1-2-3-5-8-11-9-6-4-7-10-11;3-1(4,5)14(10,11)9-15(12,13)2(6,7)8/h2-10H2,1H3;9H. The number of unbranched alkanes of at least 4 members (excludes halogenated alkanes) is 2. The van der Waals surface area contributed by atoms with Crippen LogP contribution in [0.2, 0.25) is 0 Å². The SMILES string of the molecule is CCCCCN1CCCCC1.O=S(=O)(NS(=O)(=O)C(F)(F)F)C(F)(F)F. The number of hydrogen-bond donors (Lipinski definition) is 1. The maximum Gasteiger partial charge on any atom is 0.512 e. The van der Waals surface area contributed by atoms with Crippen LogP contribution in [0.5, 0.6) is 0 Å². The molecule has 1 N–H and O–H groups in total. The average molecular weight is 436 g/mol. The molecule has 14 heteroatoms. The number of rotatable bonds is 6. The molecule has 0 unspecified atom stereocenters. The summed E-state index contributed by atoms with van der Waals surface area (Å²) in [5.74, 6) is 0. The fraction of sp³-hybridized carbons (Fsp3) is 1.00. The van der Waals surface area contributed by atoms with Crippen LogP contribution in [0.4, 0.5) is 26.3 Å². The van der Waals surface area contributed by atoms with Gasteiger partial charge >= 0.3 is 31.1 Å². The fourth-order valence-electron chi connectivity index (χ4n) is 2.01. The number of hydrogen-bond acceptors (Lipinski definition) is 5. The Labute approximate surface area is 149 Å². The smallest absolute Gasteiger partial charge is 0.303 e. The normalized spacial score (nSPS) is 17.5. The Bertz CT molecular complexity index is 569. The fourth-order valence-corrected chi connectivity index (χ4v) is 3.92. The van der Waals surface area contributed by atoms with Crippen LogP contribution in [0.25, 0.3) is 0 Å². The lowest BCUT2D eigenvalue weighted by atomic mass is 10.1. The van der Waals surface area contributed by atoms with Gasteiger partial charge in [-0.1, -0.05) is 30.3 Å². The Balaban J connectivity index is 0.000000502. The van der Waals surface area contributed by atoms with E-state index in [-0.39, 0.29) is 0 Å². The lowest BCUT2D eigenvalue weighted by Gasteiger charge is -2.26. The van der Waals surface area contributed by atoms with Crippen LogP contribution >= 0.6 is 0 Å². The van der Waals surface area contributed by atoms with Crippen molar-refractivity contribution in [1.29, 1.82) is 0 Å². The Morgan fingerprint density at radius 2 is 1.23 bits per heavy atom. The van der Waals surface area contributed by atoms with E-state index in [2.05, 4.69) is 11.8 Å². The van der Waals surface area contributed by atoms with Crippen LogP contribution in [0, 0.1) is 0 Å². The lowest BCUT2D eigenvalue weighted by Crippen LogP contribution is -2.45. The highest BCUT2D eigenvalue weighted by molar-refractivity contribution is 8.05. The van der Waals surface area contributed by atoms with Gasteiger partial charge in [-0.15, -0.1) is 0 Å². The number of nitrogens with one attached hydrogen (secondary N) is 1. The molecule has 6 nitrogen and oxygen atoms in total. The predicted octanol–water partition coefficient (Wildman–Crippen LogP) is 2.94. The summed E-state index contributed by atoms with van der Waals surface area (Å²) in [6.45, 7) is 6.36. The van der Waals surface area contributed by atoms with Gasteiger partial charge in [0, 0.05) is 0 Å². The van der Waals surface area contributed by atoms with Gasteiger partial charge in [0.05, 0.1) is 0 Å². The highest BCUT2D eigenvalue weighted by atomic mass is 32.3. The molecule has 1 rings (SSSR count). The molecule has 0 amide bonds. The number of sulfonamides is 2. The summed E-state index contributed by atoms with van der Waals surface area (Å²) in [6.07, 6.45) is 8.52. The number of halogens is 6. The van der Waals surface area contributed by atoms with E-state index in [1.807, 2.05) is 0 Å². The first-order valence-corrected chi connectivity index (χ1v) is 10.7. The summed E-state index contributed by atoms with van der Waals surface area (Å²) in [5, 5.41) is 0. The lowest BCUT2D eigenvalue weighted by molar-refractivity contribution is -0.0476. The van der Waals surface area contributed by atoms with E-state index in [9.17, 15) is 43.2 Å². The minimum atomic E-state index is -6.60. The Morgan fingerprint density at radius 1 is 0.808 bits per heavy atom. The van der Waals surface area contributed by atoms with Crippen LogP contribution in [-0.4, -0.2) is 52.4 Å². The van der Waals surface area contributed by atoms with Gasteiger partial charge in [0.2, 0.25) is 0 Å². The third kappa shape index (κ3) is 8.86. The topological polar surface area (TPSA) is 83.6 Å².